The van der Waals surface area contributed by atoms with Crippen LogP contribution in [-0.4, -0.2) is 33.0 Å². The molecule has 2 heterocycles. The molecule has 10 nitrogen and oxygen atoms in total. The average molecular weight is 327 g/mol. The first-order valence-electron chi connectivity index (χ1n) is 6.88. The first kappa shape index (κ1) is 15.3. The Bertz CT molecular complexity index is 972. The van der Waals surface area contributed by atoms with E-state index in [0.29, 0.717) is 11.4 Å². The van der Waals surface area contributed by atoms with E-state index in [-0.39, 0.29) is 29.0 Å². The molecule has 0 fully saturated rings. The molecule has 0 aliphatic carbocycles. The number of hydrogen-bond acceptors (Lipinski definition) is 7. The molecule has 3 rings (SSSR count). The van der Waals surface area contributed by atoms with Crippen molar-refractivity contribution < 1.29 is 9.53 Å². The normalized spacial score (nSPS) is 11.1. The second kappa shape index (κ2) is 6.28. The standard InChI is InChI=1S/C14H13N7O3/c1-7(22)15-13-17-11-10(12(23)19-13)16-14(18-11)21-20-8-3-5-9(24-2)6-4-8/h3-6H,1-2H3,(H3,15,16,17,18,19,22,23). The van der Waals surface area contributed by atoms with E-state index in [4.69, 9.17) is 4.74 Å². The molecule has 3 N–H and O–H groups in total. The molecule has 0 aliphatic heterocycles. The third-order valence-electron chi connectivity index (χ3n) is 2.98. The zero-order chi connectivity index (χ0) is 17.1. The van der Waals surface area contributed by atoms with Gasteiger partial charge in [-0.3, -0.25) is 19.9 Å². The number of rotatable bonds is 4. The van der Waals surface area contributed by atoms with Crippen molar-refractivity contribution in [2.24, 2.45) is 10.2 Å². The Hall–Kier alpha value is -3.56. The molecule has 0 saturated heterocycles. The van der Waals surface area contributed by atoms with Crippen molar-refractivity contribution in [3.05, 3.63) is 34.6 Å². The number of carbonyl (C=O) groups is 1. The minimum absolute atomic E-state index is 0.0187. The fourth-order valence-electron chi connectivity index (χ4n) is 1.92. The summed E-state index contributed by atoms with van der Waals surface area (Å²) in [6.45, 7) is 1.31. The molecule has 1 amide bonds. The topological polar surface area (TPSA) is 137 Å². The molecule has 1 aromatic carbocycles. The number of H-pyrrole nitrogens is 2. The first-order valence-corrected chi connectivity index (χ1v) is 6.88. The number of nitrogens with one attached hydrogen (secondary N) is 3. The van der Waals surface area contributed by atoms with Gasteiger partial charge in [0.2, 0.25) is 17.8 Å². The summed E-state index contributed by atoms with van der Waals surface area (Å²) in [5, 5.41) is 10.3. The molecule has 0 saturated carbocycles. The van der Waals surface area contributed by atoms with Gasteiger partial charge in [0.05, 0.1) is 12.8 Å². The lowest BCUT2D eigenvalue weighted by atomic mass is 10.3. The Morgan fingerprint density at radius 2 is 1.92 bits per heavy atom. The van der Waals surface area contributed by atoms with E-state index in [1.807, 2.05) is 0 Å². The number of amides is 1. The van der Waals surface area contributed by atoms with Gasteiger partial charge in [0.1, 0.15) is 5.75 Å². The Morgan fingerprint density at radius 3 is 2.58 bits per heavy atom. The van der Waals surface area contributed by atoms with Gasteiger partial charge in [0.15, 0.2) is 11.2 Å². The summed E-state index contributed by atoms with van der Waals surface area (Å²) in [6.07, 6.45) is 0. The minimum Gasteiger partial charge on any atom is -0.497 e. The van der Waals surface area contributed by atoms with E-state index < -0.39 is 5.56 Å². The third-order valence-corrected chi connectivity index (χ3v) is 2.98. The van der Waals surface area contributed by atoms with Crippen molar-refractivity contribution in [2.75, 3.05) is 12.4 Å². The highest BCUT2D eigenvalue weighted by molar-refractivity contribution is 5.87. The van der Waals surface area contributed by atoms with Crippen LogP contribution >= 0.6 is 0 Å². The number of carbonyl (C=O) groups excluding carboxylic acids is 1. The number of anilines is 1. The molecule has 0 unspecified atom stereocenters. The van der Waals surface area contributed by atoms with E-state index in [1.54, 1.807) is 31.4 Å². The van der Waals surface area contributed by atoms with Gasteiger partial charge in [0.25, 0.3) is 5.56 Å². The Balaban J connectivity index is 1.89. The largest absolute Gasteiger partial charge is 0.497 e. The Kier molecular flexibility index (Phi) is 4.01. The van der Waals surface area contributed by atoms with E-state index in [0.717, 1.165) is 0 Å². The maximum absolute atomic E-state index is 11.9. The quantitative estimate of drug-likeness (QED) is 0.629. The van der Waals surface area contributed by atoms with Gasteiger partial charge < -0.3 is 9.72 Å². The number of aromatic amines is 2. The highest BCUT2D eigenvalue weighted by Crippen LogP contribution is 2.20. The SMILES string of the molecule is COc1ccc(N=Nc2nc3nc(NC(C)=O)[nH]c(=O)c3[nH]2)cc1. The molecule has 0 bridgehead atoms. The fourth-order valence-corrected chi connectivity index (χ4v) is 1.92. The summed E-state index contributed by atoms with van der Waals surface area (Å²) >= 11 is 0. The molecule has 122 valence electrons. The number of fused-ring (bicyclic) bond motifs is 1. The van der Waals surface area contributed by atoms with Crippen molar-refractivity contribution in [3.63, 3.8) is 0 Å². The summed E-state index contributed by atoms with van der Waals surface area (Å²) in [5.74, 6) is 0.496. The predicted molar refractivity (Wildman–Crippen MR) is 86.0 cm³/mol. The Morgan fingerprint density at radius 1 is 1.17 bits per heavy atom. The summed E-state index contributed by atoms with van der Waals surface area (Å²) in [4.78, 5) is 36.2. The fraction of sp³-hybridized carbons (Fsp3) is 0.143. The van der Waals surface area contributed by atoms with Crippen molar-refractivity contribution in [1.82, 2.24) is 19.9 Å². The first-order chi connectivity index (χ1) is 11.5. The molecule has 3 aromatic rings. The lowest BCUT2D eigenvalue weighted by Gasteiger charge is -1.98. The zero-order valence-electron chi connectivity index (χ0n) is 12.8. The highest BCUT2D eigenvalue weighted by atomic mass is 16.5. The van der Waals surface area contributed by atoms with Crippen LogP contribution in [0.5, 0.6) is 5.75 Å². The van der Waals surface area contributed by atoms with Crippen LogP contribution in [0.2, 0.25) is 0 Å². The van der Waals surface area contributed by atoms with Crippen molar-refractivity contribution in [2.45, 2.75) is 6.92 Å². The van der Waals surface area contributed by atoms with Crippen molar-refractivity contribution in [1.29, 1.82) is 0 Å². The molecular formula is C14H13N7O3. The van der Waals surface area contributed by atoms with Crippen LogP contribution in [0.4, 0.5) is 17.6 Å². The summed E-state index contributed by atoms with van der Waals surface area (Å²) in [7, 11) is 1.57. The lowest BCUT2D eigenvalue weighted by molar-refractivity contribution is -0.114. The number of azo groups is 1. The number of ether oxygens (including phenoxy) is 1. The second-order valence-electron chi connectivity index (χ2n) is 4.75. The van der Waals surface area contributed by atoms with Crippen LogP contribution in [0.3, 0.4) is 0 Å². The molecule has 0 aliphatic rings. The number of benzene rings is 1. The number of nitrogens with zero attached hydrogens (tertiary/aromatic N) is 4. The van der Waals surface area contributed by atoms with Gasteiger partial charge >= 0.3 is 0 Å². The maximum atomic E-state index is 11.9. The van der Waals surface area contributed by atoms with Gasteiger partial charge in [-0.25, -0.2) is 0 Å². The molecule has 0 radical (unpaired) electrons. The van der Waals surface area contributed by atoms with E-state index in [9.17, 15) is 9.59 Å². The highest BCUT2D eigenvalue weighted by Gasteiger charge is 2.10. The number of hydrogen-bond donors (Lipinski definition) is 3. The molecule has 10 heteroatoms. The smallest absolute Gasteiger partial charge is 0.278 e. The summed E-state index contributed by atoms with van der Waals surface area (Å²) in [6, 6.07) is 6.95. The van der Waals surface area contributed by atoms with Crippen molar-refractivity contribution >= 4 is 34.7 Å². The van der Waals surface area contributed by atoms with Gasteiger partial charge in [-0.15, -0.1) is 10.2 Å². The third kappa shape index (κ3) is 3.27. The van der Waals surface area contributed by atoms with Crippen LogP contribution in [0.25, 0.3) is 11.2 Å². The number of imidazole rings is 1. The zero-order valence-corrected chi connectivity index (χ0v) is 12.8. The summed E-state index contributed by atoms with van der Waals surface area (Å²) < 4.78 is 5.06. The van der Waals surface area contributed by atoms with Crippen LogP contribution in [0.1, 0.15) is 6.92 Å². The summed E-state index contributed by atoms with van der Waals surface area (Å²) in [5.41, 5.74) is 0.401. The van der Waals surface area contributed by atoms with Crippen LogP contribution < -0.4 is 15.6 Å². The van der Waals surface area contributed by atoms with Gasteiger partial charge in [-0.2, -0.15) is 9.97 Å². The second-order valence-corrected chi connectivity index (χ2v) is 4.75. The van der Waals surface area contributed by atoms with Gasteiger partial charge in [-0.05, 0) is 24.3 Å². The predicted octanol–water partition coefficient (Wildman–Crippen LogP) is 2.03. The minimum atomic E-state index is -0.470. The Labute approximate surface area is 135 Å². The monoisotopic (exact) mass is 327 g/mol. The van der Waals surface area contributed by atoms with Gasteiger partial charge in [-0.1, -0.05) is 0 Å². The number of methoxy groups -OCH3 is 1. The van der Waals surface area contributed by atoms with Crippen LogP contribution in [0.15, 0.2) is 39.3 Å². The van der Waals surface area contributed by atoms with Crippen LogP contribution in [-0.2, 0) is 4.79 Å². The van der Waals surface area contributed by atoms with E-state index >= 15 is 0 Å². The molecular weight excluding hydrogens is 314 g/mol. The van der Waals surface area contributed by atoms with E-state index in [2.05, 4.69) is 35.5 Å². The molecule has 2 aromatic heterocycles. The van der Waals surface area contributed by atoms with Crippen LogP contribution in [0, 0.1) is 0 Å². The maximum Gasteiger partial charge on any atom is 0.278 e. The van der Waals surface area contributed by atoms with Crippen molar-refractivity contribution in [3.8, 4) is 5.75 Å². The van der Waals surface area contributed by atoms with Gasteiger partial charge in [0, 0.05) is 6.92 Å². The number of aromatic nitrogens is 4. The lowest BCUT2D eigenvalue weighted by Crippen LogP contribution is -2.15. The average Bonchev–Trinajstić information content (AvgIpc) is 2.96. The molecule has 24 heavy (non-hydrogen) atoms. The van der Waals surface area contributed by atoms with E-state index in [1.165, 1.54) is 6.92 Å². The molecule has 0 atom stereocenters. The molecule has 0 spiro atoms.